The van der Waals surface area contributed by atoms with E-state index < -0.39 is 0 Å². The van der Waals surface area contributed by atoms with Crippen LogP contribution in [-0.4, -0.2) is 16.8 Å². The number of aryl methyl sites for hydroxylation is 1. The second-order valence-corrected chi connectivity index (χ2v) is 4.59. The maximum Gasteiger partial charge on any atom is 0.189 e. The summed E-state index contributed by atoms with van der Waals surface area (Å²) in [6, 6.07) is 7.93. The van der Waals surface area contributed by atoms with Crippen LogP contribution in [0.5, 0.6) is 0 Å². The predicted molar refractivity (Wildman–Crippen MR) is 84.6 cm³/mol. The van der Waals surface area contributed by atoms with Crippen molar-refractivity contribution in [3.63, 3.8) is 0 Å². The van der Waals surface area contributed by atoms with Gasteiger partial charge in [0.2, 0.25) is 0 Å². The minimum Gasteiger partial charge on any atom is -0.361 e. The van der Waals surface area contributed by atoms with Crippen molar-refractivity contribution in [2.75, 3.05) is 11.9 Å². The third kappa shape index (κ3) is 5.29. The Labute approximate surface area is 119 Å². The lowest BCUT2D eigenvalue weighted by atomic mass is 10.2. The van der Waals surface area contributed by atoms with Crippen molar-refractivity contribution < 1.29 is 0 Å². The van der Waals surface area contributed by atoms with E-state index in [0.29, 0.717) is 10.2 Å². The van der Waals surface area contributed by atoms with Gasteiger partial charge in [-0.2, -0.15) is 0 Å². The largest absolute Gasteiger partial charge is 0.361 e. The van der Waals surface area contributed by atoms with Gasteiger partial charge in [-0.05, 0) is 49.4 Å². The van der Waals surface area contributed by atoms with Gasteiger partial charge in [0, 0.05) is 12.2 Å². The van der Waals surface area contributed by atoms with Crippen molar-refractivity contribution in [3.8, 4) is 0 Å². The van der Waals surface area contributed by atoms with Gasteiger partial charge < -0.3 is 10.6 Å². The molecule has 0 aliphatic rings. The molecule has 0 atom stereocenters. The lowest BCUT2D eigenvalue weighted by Gasteiger charge is -2.14. The van der Waals surface area contributed by atoms with Crippen molar-refractivity contribution in [1.82, 2.24) is 16.2 Å². The van der Waals surface area contributed by atoms with Crippen LogP contribution in [0.2, 0.25) is 0 Å². The fourth-order valence-corrected chi connectivity index (χ4v) is 1.58. The molecule has 1 aromatic carbocycles. The molecule has 0 aliphatic carbocycles. The first-order chi connectivity index (χ1) is 8.63. The molecule has 0 aliphatic heterocycles. The van der Waals surface area contributed by atoms with Gasteiger partial charge in [-0.25, -0.2) is 0 Å². The minimum atomic E-state index is 0.477. The highest BCUT2D eigenvalue weighted by atomic mass is 32.1. The fourth-order valence-electron chi connectivity index (χ4n) is 1.26. The van der Waals surface area contributed by atoms with Crippen molar-refractivity contribution >= 4 is 40.3 Å². The molecule has 18 heavy (non-hydrogen) atoms. The van der Waals surface area contributed by atoms with Gasteiger partial charge in [0.25, 0.3) is 0 Å². The van der Waals surface area contributed by atoms with Crippen LogP contribution in [0.25, 0.3) is 0 Å². The summed E-state index contributed by atoms with van der Waals surface area (Å²) in [4.78, 5) is 0. The van der Waals surface area contributed by atoms with E-state index in [2.05, 4.69) is 28.4 Å². The molecule has 0 bridgehead atoms. The number of benzene rings is 1. The van der Waals surface area contributed by atoms with E-state index in [1.165, 1.54) is 0 Å². The summed E-state index contributed by atoms with van der Waals surface area (Å²) in [5.74, 6) is 0. The highest BCUT2D eigenvalue weighted by Crippen LogP contribution is 2.12. The van der Waals surface area contributed by atoms with Crippen molar-refractivity contribution in [2.24, 2.45) is 0 Å². The number of hydrazine groups is 1. The number of hydrogen-bond donors (Lipinski definition) is 4. The lowest BCUT2D eigenvalue weighted by Crippen LogP contribution is -2.48. The Morgan fingerprint density at radius 2 is 1.78 bits per heavy atom. The average molecular weight is 282 g/mol. The van der Waals surface area contributed by atoms with E-state index in [-0.39, 0.29) is 0 Å². The first kappa shape index (κ1) is 14.7. The van der Waals surface area contributed by atoms with Crippen LogP contribution < -0.4 is 21.5 Å². The topological polar surface area (TPSA) is 48.1 Å². The molecular weight excluding hydrogens is 264 g/mol. The molecule has 4 nitrogen and oxygen atoms in total. The highest BCUT2D eigenvalue weighted by molar-refractivity contribution is 7.80. The van der Waals surface area contributed by atoms with Crippen LogP contribution in [0.15, 0.2) is 24.3 Å². The molecule has 0 radical (unpaired) electrons. The molecule has 0 aromatic heterocycles. The molecule has 0 saturated heterocycles. The lowest BCUT2D eigenvalue weighted by molar-refractivity contribution is 0.784. The normalized spacial score (nSPS) is 9.44. The second kappa shape index (κ2) is 7.84. The molecule has 6 heteroatoms. The second-order valence-electron chi connectivity index (χ2n) is 3.77. The Balaban J connectivity index is 2.34. The van der Waals surface area contributed by atoms with Crippen molar-refractivity contribution in [1.29, 1.82) is 0 Å². The standard InChI is InChI=1S/C12H18N4S2/c1-3-8-13-11(17)15-16-12(18)14-10-7-5-4-6-9(10)2/h4-7H,3,8H2,1-2H3,(H2,13,15,17)(H2,14,16,18). The average Bonchev–Trinajstić information content (AvgIpc) is 2.36. The predicted octanol–water partition coefficient (Wildman–Crippen LogP) is 2.07. The minimum absolute atomic E-state index is 0.477. The van der Waals surface area contributed by atoms with Crippen LogP contribution in [0.4, 0.5) is 5.69 Å². The van der Waals surface area contributed by atoms with Gasteiger partial charge in [0.1, 0.15) is 0 Å². The quantitative estimate of drug-likeness (QED) is 0.503. The van der Waals surface area contributed by atoms with Gasteiger partial charge in [0.15, 0.2) is 10.2 Å². The number of anilines is 1. The van der Waals surface area contributed by atoms with Crippen LogP contribution in [-0.2, 0) is 0 Å². The fraction of sp³-hybridized carbons (Fsp3) is 0.333. The monoisotopic (exact) mass is 282 g/mol. The summed E-state index contributed by atoms with van der Waals surface area (Å²) in [6.45, 7) is 4.94. The summed E-state index contributed by atoms with van der Waals surface area (Å²) in [5.41, 5.74) is 7.77. The Morgan fingerprint density at radius 1 is 1.11 bits per heavy atom. The van der Waals surface area contributed by atoms with Crippen LogP contribution in [0, 0.1) is 6.92 Å². The van der Waals surface area contributed by atoms with Gasteiger partial charge in [-0.15, -0.1) is 0 Å². The van der Waals surface area contributed by atoms with E-state index in [0.717, 1.165) is 24.2 Å². The molecule has 4 N–H and O–H groups in total. The van der Waals surface area contributed by atoms with Gasteiger partial charge in [-0.1, -0.05) is 25.1 Å². The number of hydrogen-bond acceptors (Lipinski definition) is 2. The summed E-state index contributed by atoms with van der Waals surface area (Å²) < 4.78 is 0. The molecule has 1 rings (SSSR count). The van der Waals surface area contributed by atoms with E-state index >= 15 is 0 Å². The molecule has 0 saturated carbocycles. The summed E-state index contributed by atoms with van der Waals surface area (Å²) in [7, 11) is 0. The van der Waals surface area contributed by atoms with E-state index in [4.69, 9.17) is 24.4 Å². The Kier molecular flexibility index (Phi) is 6.38. The van der Waals surface area contributed by atoms with E-state index in [1.54, 1.807) is 0 Å². The Bertz CT molecular complexity index is 420. The molecule has 0 spiro atoms. The Hall–Kier alpha value is -1.40. The SMILES string of the molecule is CCCNC(=S)NNC(=S)Nc1ccccc1C. The number of para-hydroxylation sites is 1. The molecular formula is C12H18N4S2. The van der Waals surface area contributed by atoms with Gasteiger partial charge in [-0.3, -0.25) is 10.9 Å². The molecule has 98 valence electrons. The zero-order valence-electron chi connectivity index (χ0n) is 10.5. The van der Waals surface area contributed by atoms with Crippen LogP contribution >= 0.6 is 24.4 Å². The molecule has 0 unspecified atom stereocenters. The maximum absolute atomic E-state index is 5.15. The number of rotatable bonds is 3. The molecule has 0 fully saturated rings. The molecule has 0 heterocycles. The summed E-state index contributed by atoms with van der Waals surface area (Å²) in [6.07, 6.45) is 1.02. The van der Waals surface area contributed by atoms with Gasteiger partial charge >= 0.3 is 0 Å². The third-order valence-corrected chi connectivity index (χ3v) is 2.67. The van der Waals surface area contributed by atoms with Crippen LogP contribution in [0.1, 0.15) is 18.9 Å². The summed E-state index contributed by atoms with van der Waals surface area (Å²) >= 11 is 10.2. The van der Waals surface area contributed by atoms with Gasteiger partial charge in [0.05, 0.1) is 0 Å². The van der Waals surface area contributed by atoms with E-state index in [9.17, 15) is 0 Å². The number of thiocarbonyl (C=S) groups is 2. The molecule has 0 amide bonds. The zero-order chi connectivity index (χ0) is 13.4. The first-order valence-corrected chi connectivity index (χ1v) is 6.61. The first-order valence-electron chi connectivity index (χ1n) is 5.80. The smallest absolute Gasteiger partial charge is 0.189 e. The number of nitrogens with one attached hydrogen (secondary N) is 4. The maximum atomic E-state index is 5.15. The summed E-state index contributed by atoms with van der Waals surface area (Å²) in [5, 5.41) is 7.14. The van der Waals surface area contributed by atoms with Crippen molar-refractivity contribution in [3.05, 3.63) is 29.8 Å². The van der Waals surface area contributed by atoms with E-state index in [1.807, 2.05) is 31.2 Å². The van der Waals surface area contributed by atoms with Crippen molar-refractivity contribution in [2.45, 2.75) is 20.3 Å². The zero-order valence-corrected chi connectivity index (χ0v) is 12.2. The third-order valence-electron chi connectivity index (χ3n) is 2.22. The highest BCUT2D eigenvalue weighted by Gasteiger charge is 2.00. The Morgan fingerprint density at radius 3 is 2.44 bits per heavy atom. The van der Waals surface area contributed by atoms with Crippen LogP contribution in [0.3, 0.4) is 0 Å². The molecule has 1 aromatic rings.